The molecule has 0 unspecified atom stereocenters. The molecule has 2 saturated heterocycles. The number of fused-ring (bicyclic) bond motifs is 2. The first-order chi connectivity index (χ1) is 18.9. The molecule has 0 aromatic carbocycles. The predicted molar refractivity (Wildman–Crippen MR) is 139 cm³/mol. The minimum atomic E-state index is -1.61. The molecule has 2 heterocycles. The summed E-state index contributed by atoms with van der Waals surface area (Å²) in [6.07, 6.45) is -5.84. The highest BCUT2D eigenvalue weighted by Gasteiger charge is 2.72. The van der Waals surface area contributed by atoms with E-state index in [0.29, 0.717) is 24.4 Å². The zero-order valence-electron chi connectivity index (χ0n) is 24.3. The van der Waals surface area contributed by atoms with Crippen molar-refractivity contribution < 1.29 is 53.6 Å². The van der Waals surface area contributed by atoms with Gasteiger partial charge in [0.2, 0.25) is 5.78 Å². The number of hydrogen-bond donors (Lipinski definition) is 4. The van der Waals surface area contributed by atoms with Crippen LogP contribution in [-0.2, 0) is 33.2 Å². The molecule has 5 aliphatic rings. The van der Waals surface area contributed by atoms with Crippen molar-refractivity contribution in [3.63, 3.8) is 0 Å². The highest BCUT2D eigenvalue weighted by molar-refractivity contribution is 5.99. The molecule has 11 nitrogen and oxygen atoms in total. The third-order valence-electron chi connectivity index (χ3n) is 10.8. The zero-order chi connectivity index (χ0) is 29.3. The minimum absolute atomic E-state index is 0.0157. The SMILES string of the molecule is COC1=C[C@@H](C)[C@@H]2C[C@H]3O[C@@H](OC)C[C@H]4C(C)=C(OC)[C@@H](O[C@@H]5O[C@H](CO)[C@@H](O)[C@H](O)[C@H]5O)[C@H]([C@@]2(C)C1=O)[C@@]34C. The number of aliphatic hydroxyl groups is 4. The van der Waals surface area contributed by atoms with Crippen LogP contribution in [0.2, 0.25) is 0 Å². The summed E-state index contributed by atoms with van der Waals surface area (Å²) in [7, 11) is 4.67. The third-order valence-corrected chi connectivity index (χ3v) is 10.8. The molecule has 0 spiro atoms. The molecular formula is C29H44O11. The van der Waals surface area contributed by atoms with E-state index in [1.165, 1.54) is 7.11 Å². The Morgan fingerprint density at radius 1 is 1.02 bits per heavy atom. The smallest absolute Gasteiger partial charge is 0.203 e. The molecule has 5 rings (SSSR count). The molecule has 1 saturated carbocycles. The maximum absolute atomic E-state index is 14.3. The van der Waals surface area contributed by atoms with E-state index in [2.05, 4.69) is 13.8 Å². The number of carbonyl (C=O) groups excluding carboxylic acids is 1. The van der Waals surface area contributed by atoms with Crippen LogP contribution in [0.25, 0.3) is 0 Å². The first-order valence-corrected chi connectivity index (χ1v) is 14.1. The highest BCUT2D eigenvalue weighted by atomic mass is 16.7. The maximum Gasteiger partial charge on any atom is 0.203 e. The van der Waals surface area contributed by atoms with Crippen molar-refractivity contribution in [1.82, 2.24) is 0 Å². The van der Waals surface area contributed by atoms with Crippen LogP contribution < -0.4 is 0 Å². The summed E-state index contributed by atoms with van der Waals surface area (Å²) in [6.45, 7) is 7.55. The van der Waals surface area contributed by atoms with Gasteiger partial charge in [0.15, 0.2) is 18.3 Å². The van der Waals surface area contributed by atoms with Gasteiger partial charge in [0.05, 0.1) is 26.9 Å². The average molecular weight is 569 g/mol. The second-order valence-corrected chi connectivity index (χ2v) is 12.5. The number of ketones is 1. The lowest BCUT2D eigenvalue weighted by molar-refractivity contribution is -0.339. The van der Waals surface area contributed by atoms with E-state index in [-0.39, 0.29) is 29.6 Å². The molecule has 0 aromatic rings. The van der Waals surface area contributed by atoms with Crippen LogP contribution in [0.5, 0.6) is 0 Å². The van der Waals surface area contributed by atoms with Crippen LogP contribution in [0.3, 0.4) is 0 Å². The Kier molecular flexibility index (Phi) is 7.93. The molecule has 0 amide bonds. The molecule has 11 heteroatoms. The molecule has 14 atom stereocenters. The van der Waals surface area contributed by atoms with Crippen LogP contribution in [0.15, 0.2) is 23.2 Å². The molecule has 3 aliphatic carbocycles. The highest BCUT2D eigenvalue weighted by Crippen LogP contribution is 2.69. The molecule has 0 radical (unpaired) electrons. The monoisotopic (exact) mass is 568 g/mol. The van der Waals surface area contributed by atoms with Gasteiger partial charge in [-0.15, -0.1) is 0 Å². The molecule has 3 fully saturated rings. The third kappa shape index (κ3) is 4.04. The maximum atomic E-state index is 14.3. The number of methoxy groups -OCH3 is 3. The molecular weight excluding hydrogens is 524 g/mol. The van der Waals surface area contributed by atoms with Crippen molar-refractivity contribution in [3.8, 4) is 0 Å². The van der Waals surface area contributed by atoms with Crippen molar-refractivity contribution in [2.45, 2.75) is 89.7 Å². The standard InChI is InChI=1S/C29H44O11/c1-12-8-16(35-5)26(34)29(4)14(12)9-18-28(3)15(10-19(36-6)39-18)13(2)23(37-7)24(25(28)29)40-27-22(33)21(32)20(31)17(11-30)38-27/h8,12,14-15,17-22,24-25,27,30-33H,9-11H2,1-7H3/t12-,14+,15+,17-,18-,19-,20-,21+,22-,24-,25+,27+,28-,29+/m1/s1. The number of Topliss-reactive ketones (excluding diaryl/α,β-unsaturated/α-hetero) is 1. The summed E-state index contributed by atoms with van der Waals surface area (Å²) in [6, 6.07) is 0. The minimum Gasteiger partial charge on any atom is -0.498 e. The summed E-state index contributed by atoms with van der Waals surface area (Å²) in [5, 5.41) is 41.5. The van der Waals surface area contributed by atoms with Gasteiger partial charge in [0.25, 0.3) is 0 Å². The Morgan fingerprint density at radius 3 is 2.33 bits per heavy atom. The summed E-state index contributed by atoms with van der Waals surface area (Å²) in [4.78, 5) is 14.3. The summed E-state index contributed by atoms with van der Waals surface area (Å²) in [5.74, 6) is -0.0551. The van der Waals surface area contributed by atoms with Crippen molar-refractivity contribution in [3.05, 3.63) is 23.2 Å². The Balaban J connectivity index is 1.68. The van der Waals surface area contributed by atoms with E-state index in [4.69, 9.17) is 28.4 Å². The Hall–Kier alpha value is -1.57. The second-order valence-electron chi connectivity index (χ2n) is 12.5. The second kappa shape index (κ2) is 10.6. The summed E-state index contributed by atoms with van der Waals surface area (Å²) < 4.78 is 36.2. The predicted octanol–water partition coefficient (Wildman–Crippen LogP) is 0.881. The van der Waals surface area contributed by atoms with Crippen LogP contribution in [0, 0.1) is 34.5 Å². The number of allylic oxidation sites excluding steroid dienone is 3. The molecule has 226 valence electrons. The molecule has 40 heavy (non-hydrogen) atoms. The number of hydrogen-bond acceptors (Lipinski definition) is 11. The van der Waals surface area contributed by atoms with Crippen LogP contribution in [0.1, 0.15) is 40.5 Å². The molecule has 2 aliphatic heterocycles. The molecule has 4 N–H and O–H groups in total. The Labute approximate surface area is 235 Å². The number of aliphatic hydroxyl groups excluding tert-OH is 4. The van der Waals surface area contributed by atoms with E-state index in [9.17, 15) is 25.2 Å². The first kappa shape index (κ1) is 29.9. The molecule has 0 aromatic heterocycles. The quantitative estimate of drug-likeness (QED) is 0.361. The van der Waals surface area contributed by atoms with Gasteiger partial charge in [0, 0.05) is 30.3 Å². The van der Waals surface area contributed by atoms with Crippen molar-refractivity contribution in [2.24, 2.45) is 34.5 Å². The van der Waals surface area contributed by atoms with Gasteiger partial charge in [-0.25, -0.2) is 0 Å². The van der Waals surface area contributed by atoms with Gasteiger partial charge in [-0.05, 0) is 42.7 Å². The van der Waals surface area contributed by atoms with Crippen LogP contribution in [0.4, 0.5) is 0 Å². The van der Waals surface area contributed by atoms with Gasteiger partial charge in [-0.2, -0.15) is 0 Å². The zero-order valence-corrected chi connectivity index (χ0v) is 24.3. The van der Waals surface area contributed by atoms with Crippen molar-refractivity contribution >= 4 is 5.78 Å². The number of ether oxygens (including phenoxy) is 6. The van der Waals surface area contributed by atoms with E-state index in [1.807, 2.05) is 19.9 Å². The van der Waals surface area contributed by atoms with Crippen molar-refractivity contribution in [1.29, 1.82) is 0 Å². The van der Waals surface area contributed by atoms with Gasteiger partial charge >= 0.3 is 0 Å². The van der Waals surface area contributed by atoms with E-state index in [0.717, 1.165) is 5.57 Å². The number of rotatable bonds is 6. The van der Waals surface area contributed by atoms with Crippen LogP contribution in [-0.4, -0.2) is 103 Å². The van der Waals surface area contributed by atoms with Crippen LogP contribution >= 0.6 is 0 Å². The first-order valence-electron chi connectivity index (χ1n) is 14.1. The normalized spacial score (nSPS) is 50.6. The number of carbonyl (C=O) groups is 1. The van der Waals surface area contributed by atoms with Crippen molar-refractivity contribution in [2.75, 3.05) is 27.9 Å². The van der Waals surface area contributed by atoms with Gasteiger partial charge in [-0.3, -0.25) is 4.79 Å². The van der Waals surface area contributed by atoms with Gasteiger partial charge < -0.3 is 48.8 Å². The lowest BCUT2D eigenvalue weighted by atomic mass is 9.39. The molecule has 0 bridgehead atoms. The Morgan fingerprint density at radius 2 is 1.73 bits per heavy atom. The summed E-state index contributed by atoms with van der Waals surface area (Å²) in [5.41, 5.74) is -0.668. The summed E-state index contributed by atoms with van der Waals surface area (Å²) >= 11 is 0. The van der Waals surface area contributed by atoms with Gasteiger partial charge in [-0.1, -0.05) is 20.8 Å². The fourth-order valence-electron chi connectivity index (χ4n) is 8.79. The van der Waals surface area contributed by atoms with Gasteiger partial charge in [0.1, 0.15) is 36.3 Å². The lowest BCUT2D eigenvalue weighted by Gasteiger charge is -2.67. The lowest BCUT2D eigenvalue weighted by Crippen LogP contribution is -2.71. The fraction of sp³-hybridized carbons (Fsp3) is 0.828. The Bertz CT molecular complexity index is 1060. The fourth-order valence-corrected chi connectivity index (χ4v) is 8.79. The topological polar surface area (TPSA) is 153 Å². The van der Waals surface area contributed by atoms with E-state index >= 15 is 0 Å². The average Bonchev–Trinajstić information content (AvgIpc) is 2.93. The van der Waals surface area contributed by atoms with E-state index < -0.39 is 66.5 Å². The largest absolute Gasteiger partial charge is 0.498 e. The van der Waals surface area contributed by atoms with E-state index in [1.54, 1.807) is 14.2 Å².